The fourth-order valence-electron chi connectivity index (χ4n) is 12.8. The van der Waals surface area contributed by atoms with Gasteiger partial charge in [-0.15, -0.1) is 29.7 Å². The summed E-state index contributed by atoms with van der Waals surface area (Å²) < 4.78 is 498. The molecule has 0 bridgehead atoms. The zero-order valence-corrected chi connectivity index (χ0v) is 57.8. The Kier molecular flexibility index (Phi) is 8.08. The molecule has 1 aliphatic carbocycles. The van der Waals surface area contributed by atoms with Crippen LogP contribution in [0, 0.1) is 25.3 Å². The topological polar surface area (TPSA) is 35.9 Å². The van der Waals surface area contributed by atoms with E-state index in [1.165, 1.54) is 51.6 Å². The van der Waals surface area contributed by atoms with Gasteiger partial charge in [0.2, 0.25) is 0 Å². The number of benzene rings is 13. The Morgan fingerprint density at radius 3 is 1.75 bits per heavy atom. The summed E-state index contributed by atoms with van der Waals surface area (Å²) in [6.07, 6.45) is -5.85. The Bertz CT molecular complexity index is 8410. The number of hydrogen-bond acceptors (Lipinski definition) is 2. The van der Waals surface area contributed by atoms with Crippen molar-refractivity contribution in [2.24, 2.45) is 0 Å². The number of aryl methyl sites for hydroxylation is 1. The first kappa shape index (κ1) is 31.1. The Hall–Kier alpha value is -11.0. The molecular formula is C97H80N4OPtSi-2. The van der Waals surface area contributed by atoms with E-state index >= 15 is 0 Å². The van der Waals surface area contributed by atoms with Gasteiger partial charge in [-0.2, -0.15) is 18.2 Å². The van der Waals surface area contributed by atoms with Crippen LogP contribution < -0.4 is 30.1 Å². The third-order valence-electron chi connectivity index (χ3n) is 17.7. The monoisotopic (exact) mass is 1590 g/mol. The molecule has 17 rings (SSSR count). The number of para-hydroxylation sites is 1. The van der Waals surface area contributed by atoms with Crippen LogP contribution in [-0.4, -0.2) is 22.2 Å². The van der Waals surface area contributed by atoms with Crippen molar-refractivity contribution in [2.45, 2.75) is 84.0 Å². The molecule has 0 aliphatic heterocycles. The third-order valence-corrected chi connectivity index (χ3v) is 21.7. The molecule has 0 spiro atoms. The third kappa shape index (κ3) is 12.1. The SMILES string of the molecule is [2H]c1c([2H])c([2H])c(-c2cc(-c3c([2H])c([2H])c4c(c3[2H])C(C([2H])([2H])[2H])(C([2H])([2H])[2H])C([2H])([2H])C([2H])([2H])C4(C([2H])([2H])[2H])C([2H])([2H])[2H])c(-[n+]3[c-]n(-c4[c-]c(Oc5[c-]c6c(cc5)c5ccccc5n6-c5cc(C([2H])([2H])[2H])c(-c6c([2H])c([2H])c([2H])c([2H])c6[2H])cn5)ccc4)c4cc(-c5ccc(C(C)(C)C)cc5)ccc43)c(-c3c([2H])c([2H])c([2H])c([Si](c4c([2H])c([2H])c([2H])c([2H])c4[2H])(c4c([2H])c([2H])c([2H])c([2H])c4[2H])c4c([2H])c([2H])c([2H])c([2H])c4[2H])c3[2H])c2)c([2H])c1[2H].[Pt]. The van der Waals surface area contributed by atoms with Crippen molar-refractivity contribution < 1.29 is 100 Å². The van der Waals surface area contributed by atoms with Gasteiger partial charge in [0.05, 0.1) is 60.6 Å². The van der Waals surface area contributed by atoms with Gasteiger partial charge >= 0.3 is 0 Å². The van der Waals surface area contributed by atoms with Gasteiger partial charge in [-0.05, 0) is 170 Å². The molecule has 0 unspecified atom stereocenters. The first-order chi connectivity index (χ1) is 71.1. The molecule has 7 heteroatoms. The molecule has 13 aromatic carbocycles. The molecule has 0 saturated heterocycles. The largest absolute Gasteiger partial charge is 0.510 e. The molecule has 16 aromatic rings. The van der Waals surface area contributed by atoms with Crippen LogP contribution in [0.1, 0.15) is 153 Å². The van der Waals surface area contributed by atoms with Crippen molar-refractivity contribution in [3.05, 3.63) is 356 Å². The van der Waals surface area contributed by atoms with Crippen LogP contribution in [0.2, 0.25) is 0 Å². The van der Waals surface area contributed by atoms with Crippen molar-refractivity contribution >= 4 is 61.7 Å². The molecule has 3 heterocycles. The molecule has 510 valence electrons. The van der Waals surface area contributed by atoms with Crippen LogP contribution in [0.4, 0.5) is 0 Å². The van der Waals surface area contributed by atoms with Gasteiger partial charge in [-0.1, -0.05) is 302 Å². The number of pyridine rings is 1. The molecule has 0 N–H and O–H groups in total. The summed E-state index contributed by atoms with van der Waals surface area (Å²) >= 11 is 0. The van der Waals surface area contributed by atoms with E-state index in [1.807, 2.05) is 20.8 Å². The summed E-state index contributed by atoms with van der Waals surface area (Å²) in [4.78, 5) is 4.66. The molecule has 5 nitrogen and oxygen atoms in total. The number of aromatic nitrogens is 4. The Labute approximate surface area is 698 Å². The minimum atomic E-state index is -7.06. The summed E-state index contributed by atoms with van der Waals surface area (Å²) in [6.45, 7) is -16.3. The van der Waals surface area contributed by atoms with Gasteiger partial charge in [-0.25, -0.2) is 4.98 Å². The molecule has 0 fully saturated rings. The van der Waals surface area contributed by atoms with Gasteiger partial charge in [0.25, 0.3) is 6.33 Å². The van der Waals surface area contributed by atoms with E-state index in [4.69, 9.17) is 21.2 Å². The van der Waals surface area contributed by atoms with Crippen LogP contribution >= 0.6 is 0 Å². The van der Waals surface area contributed by atoms with Crippen molar-refractivity contribution in [2.75, 3.05) is 0 Å². The van der Waals surface area contributed by atoms with Crippen molar-refractivity contribution in [1.29, 1.82) is 0 Å². The number of fused-ring (bicyclic) bond motifs is 5. The quantitative estimate of drug-likeness (QED) is 0.0471. The maximum Gasteiger partial charge on any atom is 0.268 e. The first-order valence-electron chi connectivity index (χ1n) is 57.2. The van der Waals surface area contributed by atoms with Gasteiger partial charge in [-0.3, -0.25) is 4.57 Å². The predicted octanol–water partition coefficient (Wildman–Crippen LogP) is 21.3. The number of ether oxygens (including phenoxy) is 1. The van der Waals surface area contributed by atoms with Gasteiger partial charge < -0.3 is 13.9 Å². The van der Waals surface area contributed by atoms with Crippen molar-refractivity contribution in [1.82, 2.24) is 14.1 Å². The van der Waals surface area contributed by atoms with E-state index in [1.54, 1.807) is 54.6 Å². The van der Waals surface area contributed by atoms with E-state index in [9.17, 15) is 53.5 Å². The van der Waals surface area contributed by atoms with Crippen LogP contribution in [0.25, 0.3) is 106 Å². The second-order valence-corrected chi connectivity index (χ2v) is 28.5. The number of imidazole rings is 1. The van der Waals surface area contributed by atoms with Gasteiger partial charge in [0.15, 0.2) is 8.07 Å². The van der Waals surface area contributed by atoms with Crippen LogP contribution in [0.5, 0.6) is 11.5 Å². The zero-order chi connectivity index (χ0) is 114. The number of hydrogen-bond donors (Lipinski definition) is 0. The molecule has 0 radical (unpaired) electrons. The Balaban J connectivity index is 0.0000170. The van der Waals surface area contributed by atoms with Gasteiger partial charge in [0.1, 0.15) is 5.82 Å². The maximum atomic E-state index is 11.5. The average molecular weight is 1590 g/mol. The van der Waals surface area contributed by atoms with Crippen LogP contribution in [0.15, 0.2) is 315 Å². The molecule has 0 amide bonds. The smallest absolute Gasteiger partial charge is 0.268 e. The number of nitrogens with zero attached hydrogens (tertiary/aromatic N) is 4. The Morgan fingerprint density at radius 2 is 1.10 bits per heavy atom. The summed E-state index contributed by atoms with van der Waals surface area (Å²) in [5, 5.41) is -4.77. The summed E-state index contributed by atoms with van der Waals surface area (Å²) in [7, 11) is -7.06. The van der Waals surface area contributed by atoms with E-state index in [0.717, 1.165) is 28.5 Å². The second-order valence-electron chi connectivity index (χ2n) is 25.0. The van der Waals surface area contributed by atoms with Crippen molar-refractivity contribution in [3.63, 3.8) is 0 Å². The van der Waals surface area contributed by atoms with Crippen LogP contribution in [0.3, 0.4) is 0 Å². The summed E-state index contributed by atoms with van der Waals surface area (Å²) in [5.74, 6) is -0.512. The van der Waals surface area contributed by atoms with E-state index in [0.29, 0.717) is 27.9 Å². The van der Waals surface area contributed by atoms with E-state index in [2.05, 4.69) is 23.4 Å². The fraction of sp³-hybridized carbons (Fsp3) is 0.134. The molecule has 0 atom stereocenters. The second kappa shape index (κ2) is 27.0. The first-order valence-corrected chi connectivity index (χ1v) is 33.7. The van der Waals surface area contributed by atoms with Crippen molar-refractivity contribution in [3.8, 4) is 84.3 Å². The van der Waals surface area contributed by atoms with E-state index in [-0.39, 0.29) is 71.7 Å². The molecule has 3 aromatic heterocycles. The Morgan fingerprint density at radius 1 is 0.500 bits per heavy atom. The van der Waals surface area contributed by atoms with Crippen LogP contribution in [-0.2, 0) is 37.3 Å². The molecule has 104 heavy (non-hydrogen) atoms. The predicted molar refractivity (Wildman–Crippen MR) is 429 cm³/mol. The van der Waals surface area contributed by atoms with E-state index < -0.39 is 347 Å². The molecular weight excluding hydrogens is 1460 g/mol. The number of rotatable bonds is 14. The minimum absolute atomic E-state index is 0. The summed E-state index contributed by atoms with van der Waals surface area (Å²) in [6, 6.07) is -9.38. The molecule has 1 aliphatic rings. The standard InChI is InChI=1S/C97H80N4OSi.Pt/c1-66-56-93(98-64-86(66)69-30-16-10-17-31-69)101-89-43-25-24-42-82(89)83-51-50-77(63-91(83)101)102-76-34-27-33-75(62-76)99-65-100(90-53-47-70(61-92(90)99)68-44-48-74(49-45-68)95(2,3)4)94-84(58-73(67-28-14-9-15-29-67)59-85(94)72-46-52-87-88(60-72)97(7,8)55-54-96(87,5)6)71-32-26-41-81(57-71)103(78-35-18-11-19-36-78,79-37-20-12-21-38-79)80-39-22-13-23-40-80;/h9-53,56-61,64H,54-55H2,1-8H3;/q-2;/i1D3,5D3,6D3,7D3,8D3,9D,10D,11D,12D,13D,14D,15D,16D,17D,18D,19D,20D,21D,22D,23D,26D,28D,29D,30D,31D,32D,35D,36D,37D,38D,39D,40D,41D,46D,52D,54D2,55D2,57D,60D;. The van der Waals surface area contributed by atoms with Gasteiger partial charge in [0, 0.05) is 75.9 Å². The normalized spacial score (nSPS) is 22.0. The maximum absolute atomic E-state index is 11.5. The fourth-order valence-corrected chi connectivity index (χ4v) is 16.4. The summed E-state index contributed by atoms with van der Waals surface area (Å²) in [5.41, 5.74) is -23.1. The minimum Gasteiger partial charge on any atom is -0.510 e. The zero-order valence-electron chi connectivity index (χ0n) is 106. The average Bonchev–Trinajstić information content (AvgIpc) is 0.642. The molecule has 0 saturated carbocycles.